The number of unbranched alkanes of at least 4 members (excludes halogenated alkanes) is 1. The van der Waals surface area contributed by atoms with Crippen LogP contribution in [0.1, 0.15) is 76.8 Å². The van der Waals surface area contributed by atoms with Crippen LogP contribution in [0, 0.1) is 12.3 Å². The number of hydrogen-bond acceptors (Lipinski definition) is 6. The molecule has 1 fully saturated rings. The van der Waals surface area contributed by atoms with E-state index in [2.05, 4.69) is 13.8 Å². The van der Waals surface area contributed by atoms with E-state index in [1.54, 1.807) is 6.07 Å². The molecule has 7 heteroatoms. The van der Waals surface area contributed by atoms with Crippen LogP contribution in [-0.4, -0.2) is 48.7 Å². The van der Waals surface area contributed by atoms with Crippen LogP contribution < -0.4 is 0 Å². The Balaban J connectivity index is 2.04. The molecule has 2 aliphatic rings. The summed E-state index contributed by atoms with van der Waals surface area (Å²) in [5.74, 6) is -0.272. The number of aryl methyl sites for hydroxylation is 1. The number of esters is 1. The standard InChI is InChI=1S/C27H38O6S/c1-5-6-13-34(31,32)25-10-7-19(14-18(25)2)23-16-20(28)11-12-27(3,4)24(23)9-8-22-15-21(29)17-26(30)33-22/h7-10,14,20-22,28-29H,5-6,11-13,15-17H2,1-4H3/b9-8+/t20?,21-,22-/m0/s1. The Kier molecular flexibility index (Phi) is 8.43. The lowest BCUT2D eigenvalue weighted by Crippen LogP contribution is -2.31. The second kappa shape index (κ2) is 10.8. The summed E-state index contributed by atoms with van der Waals surface area (Å²) < 4.78 is 30.9. The molecular formula is C27H38O6S. The molecule has 1 aliphatic carbocycles. The Labute approximate surface area is 203 Å². The number of aliphatic hydroxyl groups is 2. The molecule has 0 spiro atoms. The topological polar surface area (TPSA) is 101 Å². The molecule has 6 nitrogen and oxygen atoms in total. The van der Waals surface area contributed by atoms with Gasteiger partial charge >= 0.3 is 5.97 Å². The maximum absolute atomic E-state index is 12.8. The average Bonchev–Trinajstić information content (AvgIpc) is 2.85. The van der Waals surface area contributed by atoms with Gasteiger partial charge in [-0.15, -0.1) is 0 Å². The van der Waals surface area contributed by atoms with Gasteiger partial charge in [0.2, 0.25) is 0 Å². The van der Waals surface area contributed by atoms with E-state index in [4.69, 9.17) is 4.74 Å². The summed E-state index contributed by atoms with van der Waals surface area (Å²) in [6, 6.07) is 5.43. The van der Waals surface area contributed by atoms with Crippen molar-refractivity contribution >= 4 is 21.4 Å². The molecule has 1 aromatic rings. The van der Waals surface area contributed by atoms with Crippen molar-refractivity contribution in [3.63, 3.8) is 0 Å². The van der Waals surface area contributed by atoms with Gasteiger partial charge in [-0.3, -0.25) is 4.79 Å². The average molecular weight is 491 g/mol. The van der Waals surface area contributed by atoms with Gasteiger partial charge in [0.15, 0.2) is 9.84 Å². The highest BCUT2D eigenvalue weighted by molar-refractivity contribution is 7.91. The maximum Gasteiger partial charge on any atom is 0.309 e. The largest absolute Gasteiger partial charge is 0.458 e. The fourth-order valence-electron chi connectivity index (χ4n) is 4.88. The van der Waals surface area contributed by atoms with Crippen molar-refractivity contribution in [3.05, 3.63) is 47.1 Å². The van der Waals surface area contributed by atoms with Crippen molar-refractivity contribution in [1.29, 1.82) is 0 Å². The van der Waals surface area contributed by atoms with Crippen molar-refractivity contribution in [3.8, 4) is 0 Å². The molecular weight excluding hydrogens is 452 g/mol. The van der Waals surface area contributed by atoms with Crippen molar-refractivity contribution in [2.24, 2.45) is 5.41 Å². The van der Waals surface area contributed by atoms with Crippen LogP contribution >= 0.6 is 0 Å². The number of cyclic esters (lactones) is 1. The van der Waals surface area contributed by atoms with Gasteiger partial charge in [0.25, 0.3) is 0 Å². The summed E-state index contributed by atoms with van der Waals surface area (Å²) in [4.78, 5) is 12.1. The Morgan fingerprint density at radius 2 is 1.91 bits per heavy atom. The number of ether oxygens (including phenoxy) is 1. The molecule has 0 amide bonds. The molecule has 2 N–H and O–H groups in total. The van der Waals surface area contributed by atoms with E-state index >= 15 is 0 Å². The number of hydrogen-bond donors (Lipinski definition) is 2. The Hall–Kier alpha value is -1.96. The zero-order valence-corrected chi connectivity index (χ0v) is 21.5. The minimum Gasteiger partial charge on any atom is -0.458 e. The molecule has 1 aliphatic heterocycles. The lowest BCUT2D eigenvalue weighted by atomic mass is 9.77. The molecule has 34 heavy (non-hydrogen) atoms. The van der Waals surface area contributed by atoms with Gasteiger partial charge in [-0.25, -0.2) is 8.42 Å². The lowest BCUT2D eigenvalue weighted by molar-refractivity contribution is -0.156. The van der Waals surface area contributed by atoms with Crippen molar-refractivity contribution in [1.82, 2.24) is 0 Å². The SMILES string of the molecule is CCCCS(=O)(=O)c1ccc(C2=C(/C=C/[C@H]3C[C@H](O)CC(=O)O3)C(C)(C)CCC(O)C2)cc1C. The van der Waals surface area contributed by atoms with E-state index < -0.39 is 34.1 Å². The number of aliphatic hydroxyl groups excluding tert-OH is 2. The second-order valence-corrected chi connectivity index (χ2v) is 12.4. The van der Waals surface area contributed by atoms with Crippen LogP contribution in [0.3, 0.4) is 0 Å². The zero-order chi connectivity index (χ0) is 25.1. The smallest absolute Gasteiger partial charge is 0.309 e. The van der Waals surface area contributed by atoms with Gasteiger partial charge in [-0.2, -0.15) is 0 Å². The van der Waals surface area contributed by atoms with E-state index in [9.17, 15) is 23.4 Å². The highest BCUT2D eigenvalue weighted by atomic mass is 32.2. The first-order valence-corrected chi connectivity index (χ1v) is 13.9. The molecule has 0 aromatic heterocycles. The first kappa shape index (κ1) is 26.6. The normalized spacial score (nSPS) is 25.9. The number of carbonyl (C=O) groups excluding carboxylic acids is 1. The number of rotatable bonds is 7. The van der Waals surface area contributed by atoms with Gasteiger partial charge < -0.3 is 14.9 Å². The summed E-state index contributed by atoms with van der Waals surface area (Å²) >= 11 is 0. The van der Waals surface area contributed by atoms with Crippen molar-refractivity contribution < 1.29 is 28.2 Å². The van der Waals surface area contributed by atoms with Crippen LogP contribution in [0.4, 0.5) is 0 Å². The Morgan fingerprint density at radius 1 is 1.18 bits per heavy atom. The molecule has 1 saturated heterocycles. The van der Waals surface area contributed by atoms with Gasteiger partial charge in [0, 0.05) is 6.42 Å². The molecule has 0 bridgehead atoms. The quantitative estimate of drug-likeness (QED) is 0.545. The maximum atomic E-state index is 12.8. The first-order valence-electron chi connectivity index (χ1n) is 12.2. The van der Waals surface area contributed by atoms with Gasteiger partial charge in [0.1, 0.15) is 6.10 Å². The third-order valence-electron chi connectivity index (χ3n) is 6.89. The van der Waals surface area contributed by atoms with E-state index in [1.165, 1.54) is 0 Å². The summed E-state index contributed by atoms with van der Waals surface area (Å²) in [6.45, 7) is 8.05. The van der Waals surface area contributed by atoms with Crippen LogP contribution in [-0.2, 0) is 19.4 Å². The molecule has 1 unspecified atom stereocenters. The summed E-state index contributed by atoms with van der Waals surface area (Å²) in [6.07, 6.45) is 5.81. The van der Waals surface area contributed by atoms with E-state index in [0.29, 0.717) is 36.1 Å². The number of sulfone groups is 1. The fourth-order valence-corrected chi connectivity index (χ4v) is 6.59. The highest BCUT2D eigenvalue weighted by Gasteiger charge is 2.32. The number of carbonyl (C=O) groups is 1. The molecule has 0 saturated carbocycles. The number of allylic oxidation sites excluding steroid dienone is 2. The summed E-state index contributed by atoms with van der Waals surface area (Å²) in [5.41, 5.74) is 3.34. The van der Waals surface area contributed by atoms with Crippen molar-refractivity contribution in [2.45, 2.75) is 95.8 Å². The van der Waals surface area contributed by atoms with Gasteiger partial charge in [-0.1, -0.05) is 45.4 Å². The Bertz CT molecular complexity index is 1070. The van der Waals surface area contributed by atoms with Gasteiger partial charge in [0.05, 0.1) is 29.3 Å². The van der Waals surface area contributed by atoms with Crippen LogP contribution in [0.15, 0.2) is 40.8 Å². The van der Waals surface area contributed by atoms with Crippen LogP contribution in [0.2, 0.25) is 0 Å². The third kappa shape index (κ3) is 6.37. The second-order valence-electron chi connectivity index (χ2n) is 10.3. The van der Waals surface area contributed by atoms with Crippen LogP contribution in [0.5, 0.6) is 0 Å². The van der Waals surface area contributed by atoms with E-state index in [1.807, 2.05) is 38.1 Å². The molecule has 1 heterocycles. The predicted molar refractivity (Wildman–Crippen MR) is 133 cm³/mol. The Morgan fingerprint density at radius 3 is 2.56 bits per heavy atom. The first-order chi connectivity index (χ1) is 15.9. The predicted octanol–water partition coefficient (Wildman–Crippen LogP) is 4.52. The highest BCUT2D eigenvalue weighted by Crippen LogP contribution is 2.43. The van der Waals surface area contributed by atoms with Crippen molar-refractivity contribution in [2.75, 3.05) is 5.75 Å². The molecule has 3 atom stereocenters. The zero-order valence-electron chi connectivity index (χ0n) is 20.7. The number of benzene rings is 1. The molecule has 1 aromatic carbocycles. The van der Waals surface area contributed by atoms with Crippen LogP contribution in [0.25, 0.3) is 5.57 Å². The van der Waals surface area contributed by atoms with E-state index in [-0.39, 0.29) is 17.6 Å². The lowest BCUT2D eigenvalue weighted by Gasteiger charge is -2.28. The van der Waals surface area contributed by atoms with Gasteiger partial charge in [-0.05, 0) is 72.4 Å². The molecule has 0 radical (unpaired) electrons. The fraction of sp³-hybridized carbons (Fsp3) is 0.593. The minimum atomic E-state index is -3.34. The van der Waals surface area contributed by atoms with E-state index in [0.717, 1.165) is 29.6 Å². The third-order valence-corrected chi connectivity index (χ3v) is 8.84. The molecule has 188 valence electrons. The minimum absolute atomic E-state index is 0.0166. The summed E-state index contributed by atoms with van der Waals surface area (Å²) in [5, 5.41) is 20.6. The molecule has 3 rings (SSSR count). The summed E-state index contributed by atoms with van der Waals surface area (Å²) in [7, 11) is -3.34. The monoisotopic (exact) mass is 490 g/mol.